The zero-order valence-corrected chi connectivity index (χ0v) is 25.4. The molecule has 0 radical (unpaired) electrons. The van der Waals surface area contributed by atoms with Crippen LogP contribution in [0.3, 0.4) is 0 Å². The average molecular weight is 593 g/mol. The fourth-order valence-electron chi connectivity index (χ4n) is 5.87. The predicted octanol–water partition coefficient (Wildman–Crippen LogP) is 9.31. The van der Waals surface area contributed by atoms with Crippen molar-refractivity contribution in [2.75, 3.05) is 0 Å². The van der Waals surface area contributed by atoms with E-state index >= 15 is 0 Å². The molecule has 4 aromatic heterocycles. The number of nitrogens with zero attached hydrogens (tertiary/aromatic N) is 6. The van der Waals surface area contributed by atoms with E-state index in [0.717, 1.165) is 61.0 Å². The van der Waals surface area contributed by atoms with Crippen molar-refractivity contribution in [3.8, 4) is 56.7 Å². The lowest BCUT2D eigenvalue weighted by atomic mass is 10.00. The van der Waals surface area contributed by atoms with E-state index in [9.17, 15) is 0 Å². The second-order valence-corrected chi connectivity index (χ2v) is 11.4. The van der Waals surface area contributed by atoms with E-state index in [1.807, 2.05) is 67.6 Å². The first kappa shape index (κ1) is 27.4. The molecule has 0 unspecified atom stereocenters. The number of pyridine rings is 3. The Bertz CT molecular complexity index is 2310. The van der Waals surface area contributed by atoms with Crippen LogP contribution in [0.25, 0.3) is 78.5 Å². The van der Waals surface area contributed by atoms with Crippen LogP contribution in [0, 0.1) is 13.8 Å². The predicted molar refractivity (Wildman–Crippen MR) is 185 cm³/mol. The summed E-state index contributed by atoms with van der Waals surface area (Å²) < 4.78 is 0. The first-order valence-corrected chi connectivity index (χ1v) is 15.2. The summed E-state index contributed by atoms with van der Waals surface area (Å²) >= 11 is 0. The average Bonchev–Trinajstić information content (AvgIpc) is 3.12. The number of fused-ring (bicyclic) bond motifs is 3. The largest absolute Gasteiger partial charge is 0.253 e. The smallest absolute Gasteiger partial charge is 0.182 e. The summed E-state index contributed by atoms with van der Waals surface area (Å²) in [6, 6.07) is 43.1. The van der Waals surface area contributed by atoms with Gasteiger partial charge >= 0.3 is 0 Å². The van der Waals surface area contributed by atoms with Gasteiger partial charge in [0.25, 0.3) is 0 Å². The van der Waals surface area contributed by atoms with Crippen LogP contribution in [0.15, 0.2) is 134 Å². The zero-order valence-electron chi connectivity index (χ0n) is 25.4. The molecule has 0 bridgehead atoms. The summed E-state index contributed by atoms with van der Waals surface area (Å²) in [4.78, 5) is 28.9. The maximum Gasteiger partial charge on any atom is 0.182 e. The maximum absolute atomic E-state index is 5.09. The van der Waals surface area contributed by atoms with Crippen molar-refractivity contribution < 1.29 is 0 Å². The van der Waals surface area contributed by atoms with E-state index in [0.29, 0.717) is 23.2 Å². The van der Waals surface area contributed by atoms with Crippen molar-refractivity contribution in [3.05, 3.63) is 145 Å². The first-order chi connectivity index (χ1) is 22.6. The second-order valence-electron chi connectivity index (χ2n) is 11.4. The molecular formula is C40H28N6. The number of hydrogen-bond donors (Lipinski definition) is 0. The van der Waals surface area contributed by atoms with Crippen LogP contribution in [-0.2, 0) is 0 Å². The van der Waals surface area contributed by atoms with E-state index in [2.05, 4.69) is 78.6 Å². The van der Waals surface area contributed by atoms with Gasteiger partial charge in [-0.05, 0) is 60.9 Å². The minimum absolute atomic E-state index is 0.537. The molecule has 0 spiro atoms. The molecule has 0 saturated heterocycles. The standard InChI is InChI=1S/C40H28N6/c1-25-23-26(2)42-37-33(25)20-18-29-19-21-34(43-36(29)37)28-16-14-27(15-17-28)31-11-8-12-32(24-31)39-44-38(30-9-4-3-5-10-30)45-40(46-39)35-13-6-7-22-41-35/h3-24H,1-2H3. The summed E-state index contributed by atoms with van der Waals surface area (Å²) in [5.74, 6) is 1.74. The normalized spacial score (nSPS) is 11.3. The Hall–Kier alpha value is -6.14. The molecule has 0 aliphatic carbocycles. The molecule has 0 N–H and O–H groups in total. The third-order valence-corrected chi connectivity index (χ3v) is 8.17. The molecule has 6 heteroatoms. The monoisotopic (exact) mass is 592 g/mol. The molecule has 8 aromatic rings. The number of benzene rings is 4. The Morgan fingerprint density at radius 1 is 0.413 bits per heavy atom. The van der Waals surface area contributed by atoms with Crippen molar-refractivity contribution in [1.82, 2.24) is 29.9 Å². The highest BCUT2D eigenvalue weighted by Crippen LogP contribution is 2.31. The highest BCUT2D eigenvalue weighted by atomic mass is 15.0. The Morgan fingerprint density at radius 2 is 1.11 bits per heavy atom. The molecular weight excluding hydrogens is 564 g/mol. The summed E-state index contributed by atoms with van der Waals surface area (Å²) in [6.45, 7) is 4.16. The summed E-state index contributed by atoms with van der Waals surface area (Å²) in [5.41, 5.74) is 10.7. The zero-order chi connectivity index (χ0) is 31.0. The minimum atomic E-state index is 0.537. The highest BCUT2D eigenvalue weighted by Gasteiger charge is 2.14. The molecule has 0 aliphatic rings. The first-order valence-electron chi connectivity index (χ1n) is 15.2. The lowest BCUT2D eigenvalue weighted by Gasteiger charge is -2.10. The van der Waals surface area contributed by atoms with E-state index < -0.39 is 0 Å². The number of aromatic nitrogens is 6. The molecule has 4 aromatic carbocycles. The molecule has 8 rings (SSSR count). The van der Waals surface area contributed by atoms with Crippen molar-refractivity contribution in [2.45, 2.75) is 13.8 Å². The number of rotatable bonds is 5. The van der Waals surface area contributed by atoms with E-state index in [1.165, 1.54) is 5.56 Å². The molecule has 0 atom stereocenters. The van der Waals surface area contributed by atoms with Crippen LogP contribution in [0.5, 0.6) is 0 Å². The fourth-order valence-corrected chi connectivity index (χ4v) is 5.87. The van der Waals surface area contributed by atoms with Gasteiger partial charge in [-0.15, -0.1) is 0 Å². The lowest BCUT2D eigenvalue weighted by molar-refractivity contribution is 1.06. The van der Waals surface area contributed by atoms with Crippen LogP contribution >= 0.6 is 0 Å². The van der Waals surface area contributed by atoms with Gasteiger partial charge in [-0.1, -0.05) is 97.1 Å². The van der Waals surface area contributed by atoms with Gasteiger partial charge in [-0.25, -0.2) is 19.9 Å². The Labute approximate surface area is 266 Å². The topological polar surface area (TPSA) is 77.3 Å². The van der Waals surface area contributed by atoms with Gasteiger partial charge in [0, 0.05) is 39.4 Å². The molecule has 0 saturated carbocycles. The van der Waals surface area contributed by atoms with E-state index in [1.54, 1.807) is 6.20 Å². The van der Waals surface area contributed by atoms with Crippen LogP contribution in [0.4, 0.5) is 0 Å². The Kier molecular flexibility index (Phi) is 6.80. The maximum atomic E-state index is 5.09. The van der Waals surface area contributed by atoms with Crippen LogP contribution in [0.1, 0.15) is 11.3 Å². The summed E-state index contributed by atoms with van der Waals surface area (Å²) in [5, 5.41) is 2.22. The molecule has 6 nitrogen and oxygen atoms in total. The fraction of sp³-hybridized carbons (Fsp3) is 0.0500. The lowest BCUT2D eigenvalue weighted by Crippen LogP contribution is -2.01. The van der Waals surface area contributed by atoms with Gasteiger partial charge < -0.3 is 0 Å². The van der Waals surface area contributed by atoms with Crippen molar-refractivity contribution in [3.63, 3.8) is 0 Å². The molecule has 0 amide bonds. The Morgan fingerprint density at radius 3 is 1.91 bits per heavy atom. The quantitative estimate of drug-likeness (QED) is 0.185. The SMILES string of the molecule is Cc1cc(C)c2ccc3ccc(-c4ccc(-c5cccc(-c6nc(-c7ccccc7)nc(-c7ccccn7)n6)c5)cc4)nc3c2n1. The van der Waals surface area contributed by atoms with Crippen molar-refractivity contribution >= 4 is 21.8 Å². The molecule has 0 fully saturated rings. The summed E-state index contributed by atoms with van der Waals surface area (Å²) in [7, 11) is 0. The van der Waals surface area contributed by atoms with Gasteiger partial charge in [0.15, 0.2) is 17.5 Å². The Balaban J connectivity index is 1.16. The molecule has 46 heavy (non-hydrogen) atoms. The van der Waals surface area contributed by atoms with Gasteiger partial charge in [-0.2, -0.15) is 0 Å². The van der Waals surface area contributed by atoms with Gasteiger partial charge in [0.2, 0.25) is 0 Å². The van der Waals surface area contributed by atoms with Gasteiger partial charge in [0.05, 0.1) is 16.7 Å². The van der Waals surface area contributed by atoms with Gasteiger partial charge in [0.1, 0.15) is 5.69 Å². The minimum Gasteiger partial charge on any atom is -0.253 e. The van der Waals surface area contributed by atoms with Crippen LogP contribution in [0.2, 0.25) is 0 Å². The third-order valence-electron chi connectivity index (χ3n) is 8.17. The highest BCUT2D eigenvalue weighted by molar-refractivity contribution is 6.04. The van der Waals surface area contributed by atoms with Crippen molar-refractivity contribution in [2.24, 2.45) is 0 Å². The third kappa shape index (κ3) is 5.16. The summed E-state index contributed by atoms with van der Waals surface area (Å²) in [6.07, 6.45) is 1.75. The van der Waals surface area contributed by atoms with Crippen LogP contribution in [-0.4, -0.2) is 29.9 Å². The van der Waals surface area contributed by atoms with Gasteiger partial charge in [-0.3, -0.25) is 9.97 Å². The van der Waals surface area contributed by atoms with E-state index in [4.69, 9.17) is 24.9 Å². The van der Waals surface area contributed by atoms with E-state index in [-0.39, 0.29) is 0 Å². The second kappa shape index (κ2) is 11.4. The molecule has 0 aliphatic heterocycles. The van der Waals surface area contributed by atoms with Crippen LogP contribution < -0.4 is 0 Å². The number of hydrogen-bond acceptors (Lipinski definition) is 6. The molecule has 218 valence electrons. The molecule has 4 heterocycles. The van der Waals surface area contributed by atoms with Crippen molar-refractivity contribution in [1.29, 1.82) is 0 Å². The number of aryl methyl sites for hydroxylation is 2.